The molecule has 10 nitrogen and oxygen atoms in total. The third-order valence-electron chi connectivity index (χ3n) is 8.88. The molecule has 0 bridgehead atoms. The van der Waals surface area contributed by atoms with E-state index in [0.29, 0.717) is 40.6 Å². The molecule has 2 aliphatic rings. The Hall–Kier alpha value is -4.90. The highest BCUT2D eigenvalue weighted by atomic mass is 32.1. The van der Waals surface area contributed by atoms with E-state index in [4.69, 9.17) is 19.2 Å². The number of nitrogens with zero attached hydrogens (tertiary/aromatic N) is 2. The van der Waals surface area contributed by atoms with Gasteiger partial charge in [-0.3, -0.25) is 4.79 Å². The Balaban J connectivity index is 1.40. The van der Waals surface area contributed by atoms with E-state index in [1.807, 2.05) is 71.0 Å². The largest absolute Gasteiger partial charge is 0.493 e. The summed E-state index contributed by atoms with van der Waals surface area (Å²) >= 11 is 1.61. The molecule has 4 heterocycles. The van der Waals surface area contributed by atoms with Crippen LogP contribution in [0.3, 0.4) is 0 Å². The summed E-state index contributed by atoms with van der Waals surface area (Å²) in [6.45, 7) is 11.8. The Morgan fingerprint density at radius 3 is 2.40 bits per heavy atom. The van der Waals surface area contributed by atoms with E-state index in [1.54, 1.807) is 11.3 Å². The number of benzene rings is 2. The van der Waals surface area contributed by atoms with Gasteiger partial charge >= 0.3 is 12.1 Å². The molecule has 1 saturated heterocycles. The Morgan fingerprint density at radius 2 is 1.70 bits per heavy atom. The second-order valence-electron chi connectivity index (χ2n) is 13.8. The second-order valence-corrected chi connectivity index (χ2v) is 14.7. The number of ether oxygens (including phenoxy) is 3. The van der Waals surface area contributed by atoms with Crippen LogP contribution in [-0.4, -0.2) is 55.4 Å². The van der Waals surface area contributed by atoms with Gasteiger partial charge in [0, 0.05) is 58.9 Å². The molecule has 50 heavy (non-hydrogen) atoms. The van der Waals surface area contributed by atoms with Crippen LogP contribution >= 0.6 is 11.3 Å². The van der Waals surface area contributed by atoms with Crippen LogP contribution in [0.2, 0.25) is 0 Å². The number of amides is 2. The van der Waals surface area contributed by atoms with Crippen LogP contribution < -0.4 is 20.3 Å². The fraction of sp³-hybridized carbons (Fsp3) is 0.385. The first-order valence-electron chi connectivity index (χ1n) is 17.0. The normalized spacial score (nSPS) is 14.1. The molecular weight excluding hydrogens is 653 g/mol. The minimum absolute atomic E-state index is 0.143. The molecule has 0 unspecified atom stereocenters. The SMILES string of the molecule is COC(=O)c1nc(N2CCCCC2)ccc1-c1cc2c(cc1C(=O)Nc1c(C)cc(CNC(=O)OC(C)(C)C)cc1C)-c1sccc1CCO2. The molecular formula is C39H44N4O6S. The van der Waals surface area contributed by atoms with Gasteiger partial charge in [-0.15, -0.1) is 11.3 Å². The molecule has 262 valence electrons. The number of hydrogen-bond acceptors (Lipinski definition) is 9. The first kappa shape index (κ1) is 34.9. The highest BCUT2D eigenvalue weighted by molar-refractivity contribution is 7.13. The molecule has 0 aliphatic carbocycles. The second kappa shape index (κ2) is 14.5. The van der Waals surface area contributed by atoms with Gasteiger partial charge in [-0.1, -0.05) is 12.1 Å². The number of rotatable bonds is 7. The minimum atomic E-state index is -0.598. The first-order valence-corrected chi connectivity index (χ1v) is 17.9. The van der Waals surface area contributed by atoms with Crippen molar-refractivity contribution in [2.24, 2.45) is 0 Å². The summed E-state index contributed by atoms with van der Waals surface area (Å²) in [6.07, 6.45) is 3.55. The summed E-state index contributed by atoms with van der Waals surface area (Å²) in [6, 6.07) is 13.5. The Bertz CT molecular complexity index is 1920. The lowest BCUT2D eigenvalue weighted by molar-refractivity contribution is 0.0522. The van der Waals surface area contributed by atoms with Crippen molar-refractivity contribution in [3.05, 3.63) is 81.4 Å². The Kier molecular flexibility index (Phi) is 10.2. The molecule has 2 aromatic carbocycles. The number of hydrogen-bond donors (Lipinski definition) is 2. The van der Waals surface area contributed by atoms with Crippen LogP contribution in [0.25, 0.3) is 21.6 Å². The smallest absolute Gasteiger partial charge is 0.407 e. The van der Waals surface area contributed by atoms with Crippen molar-refractivity contribution in [3.63, 3.8) is 0 Å². The molecule has 0 saturated carbocycles. The highest BCUT2D eigenvalue weighted by Crippen LogP contribution is 2.44. The lowest BCUT2D eigenvalue weighted by Crippen LogP contribution is -2.32. The number of nitrogens with one attached hydrogen (secondary N) is 2. The molecule has 2 aromatic heterocycles. The van der Waals surface area contributed by atoms with Crippen LogP contribution in [0.15, 0.2) is 47.8 Å². The van der Waals surface area contributed by atoms with Crippen molar-refractivity contribution < 1.29 is 28.6 Å². The maximum absolute atomic E-state index is 14.5. The molecule has 1 fully saturated rings. The lowest BCUT2D eigenvalue weighted by Gasteiger charge is -2.28. The van der Waals surface area contributed by atoms with Gasteiger partial charge in [-0.2, -0.15) is 0 Å². The van der Waals surface area contributed by atoms with Crippen molar-refractivity contribution in [2.75, 3.05) is 37.0 Å². The molecule has 0 spiro atoms. The third-order valence-corrected chi connectivity index (χ3v) is 9.87. The van der Waals surface area contributed by atoms with Crippen molar-refractivity contribution in [2.45, 2.75) is 72.4 Å². The minimum Gasteiger partial charge on any atom is -0.493 e. The zero-order valence-electron chi connectivity index (χ0n) is 29.5. The molecule has 0 radical (unpaired) electrons. The average Bonchev–Trinajstić information content (AvgIpc) is 3.49. The van der Waals surface area contributed by atoms with Gasteiger partial charge in [-0.05, 0) is 112 Å². The number of methoxy groups -OCH3 is 1. The number of piperidine rings is 1. The number of anilines is 2. The van der Waals surface area contributed by atoms with Crippen LogP contribution in [0.4, 0.5) is 16.3 Å². The fourth-order valence-corrected chi connectivity index (χ4v) is 7.54. The number of esters is 1. The van der Waals surface area contributed by atoms with E-state index in [9.17, 15) is 14.4 Å². The first-order chi connectivity index (χ1) is 23.9. The molecule has 6 rings (SSSR count). The van der Waals surface area contributed by atoms with Crippen molar-refractivity contribution >= 4 is 40.8 Å². The quantitative estimate of drug-likeness (QED) is 0.186. The van der Waals surface area contributed by atoms with E-state index in [2.05, 4.69) is 27.0 Å². The number of thiophene rings is 1. The Labute approximate surface area is 297 Å². The molecule has 2 aliphatic heterocycles. The number of fused-ring (bicyclic) bond motifs is 3. The summed E-state index contributed by atoms with van der Waals surface area (Å²) < 4.78 is 16.9. The summed E-state index contributed by atoms with van der Waals surface area (Å²) in [7, 11) is 1.34. The maximum atomic E-state index is 14.5. The number of pyridine rings is 1. The summed E-state index contributed by atoms with van der Waals surface area (Å²) in [5, 5.41) is 8.01. The summed E-state index contributed by atoms with van der Waals surface area (Å²) in [4.78, 5) is 48.1. The van der Waals surface area contributed by atoms with Crippen LogP contribution in [0.5, 0.6) is 5.75 Å². The fourth-order valence-electron chi connectivity index (χ4n) is 6.57. The van der Waals surface area contributed by atoms with Crippen LogP contribution in [0.1, 0.15) is 83.1 Å². The third kappa shape index (κ3) is 7.62. The van der Waals surface area contributed by atoms with E-state index in [0.717, 1.165) is 65.0 Å². The van der Waals surface area contributed by atoms with Gasteiger partial charge in [0.15, 0.2) is 5.69 Å². The van der Waals surface area contributed by atoms with Crippen LogP contribution in [-0.2, 0) is 22.4 Å². The molecule has 4 aromatic rings. The molecule has 11 heteroatoms. The molecule has 0 atom stereocenters. The lowest BCUT2D eigenvalue weighted by atomic mass is 9.93. The molecule has 2 amide bonds. The van der Waals surface area contributed by atoms with Crippen LogP contribution in [0, 0.1) is 13.8 Å². The summed E-state index contributed by atoms with van der Waals surface area (Å²) in [5.41, 5.74) is 6.13. The van der Waals surface area contributed by atoms with Gasteiger partial charge < -0.3 is 29.7 Å². The van der Waals surface area contributed by atoms with Gasteiger partial charge in [0.2, 0.25) is 0 Å². The Morgan fingerprint density at radius 1 is 0.960 bits per heavy atom. The number of aryl methyl sites for hydroxylation is 2. The number of carbonyl (C=O) groups excluding carboxylic acids is 3. The van der Waals surface area contributed by atoms with E-state index < -0.39 is 17.7 Å². The van der Waals surface area contributed by atoms with Crippen molar-refractivity contribution in [1.29, 1.82) is 0 Å². The topological polar surface area (TPSA) is 119 Å². The standard InChI is InChI=1S/C39H44N4O6S/c1-23-18-25(22-40-38(46)49-39(3,4)5)19-24(2)33(23)42-36(44)29-20-30-31(48-16-12-26-13-17-50-35(26)30)21-28(29)27-10-11-32(41-34(27)37(45)47-6)43-14-8-7-9-15-43/h10-11,13,17-21H,7-9,12,14-16,22H2,1-6H3,(H,40,46)(H,42,44). The molecule has 2 N–H and O–H groups in total. The zero-order valence-corrected chi connectivity index (χ0v) is 30.3. The van der Waals surface area contributed by atoms with E-state index in [-0.39, 0.29) is 18.1 Å². The zero-order chi connectivity index (χ0) is 35.6. The predicted molar refractivity (Wildman–Crippen MR) is 197 cm³/mol. The number of carbonyl (C=O) groups is 3. The average molecular weight is 697 g/mol. The monoisotopic (exact) mass is 696 g/mol. The van der Waals surface area contributed by atoms with Crippen molar-refractivity contribution in [1.82, 2.24) is 10.3 Å². The number of aromatic nitrogens is 1. The van der Waals surface area contributed by atoms with Gasteiger partial charge in [-0.25, -0.2) is 14.6 Å². The van der Waals surface area contributed by atoms with E-state index in [1.165, 1.54) is 13.5 Å². The van der Waals surface area contributed by atoms with E-state index >= 15 is 0 Å². The van der Waals surface area contributed by atoms with Gasteiger partial charge in [0.1, 0.15) is 17.2 Å². The number of alkyl carbamates (subject to hydrolysis) is 1. The van der Waals surface area contributed by atoms with Gasteiger partial charge in [0.25, 0.3) is 5.91 Å². The summed E-state index contributed by atoms with van der Waals surface area (Å²) in [5.74, 6) is 0.431. The van der Waals surface area contributed by atoms with Gasteiger partial charge in [0.05, 0.1) is 13.7 Å². The predicted octanol–water partition coefficient (Wildman–Crippen LogP) is 8.08. The highest BCUT2D eigenvalue weighted by Gasteiger charge is 2.28. The maximum Gasteiger partial charge on any atom is 0.407 e. The van der Waals surface area contributed by atoms with Crippen molar-refractivity contribution in [3.8, 4) is 27.3 Å².